The van der Waals surface area contributed by atoms with E-state index in [1.54, 1.807) is 74.9 Å². The molecule has 0 aliphatic heterocycles. The molecule has 37 heavy (non-hydrogen) atoms. The molecule has 3 rings (SSSR count). The van der Waals surface area contributed by atoms with Gasteiger partial charge in [-0.1, -0.05) is 36.4 Å². The molecule has 0 aliphatic carbocycles. The number of carbonyl (C=O) groups is 2. The van der Waals surface area contributed by atoms with Crippen LogP contribution in [-0.2, 0) is 21.2 Å². The van der Waals surface area contributed by atoms with E-state index >= 15 is 0 Å². The van der Waals surface area contributed by atoms with Crippen LogP contribution in [0.4, 0.5) is 11.4 Å². The van der Waals surface area contributed by atoms with E-state index in [1.165, 1.54) is 6.92 Å². The molecule has 0 saturated carbocycles. The van der Waals surface area contributed by atoms with E-state index in [0.29, 0.717) is 30.2 Å². The summed E-state index contributed by atoms with van der Waals surface area (Å²) in [6.07, 6.45) is 1.60. The minimum Gasteiger partial charge on any atom is -0.493 e. The van der Waals surface area contributed by atoms with Crippen LogP contribution in [0.3, 0.4) is 0 Å². The van der Waals surface area contributed by atoms with Crippen molar-refractivity contribution in [2.24, 2.45) is 0 Å². The Morgan fingerprint density at radius 1 is 0.919 bits per heavy atom. The van der Waals surface area contributed by atoms with Crippen molar-refractivity contribution in [3.8, 4) is 11.5 Å². The van der Waals surface area contributed by atoms with Gasteiger partial charge in [0.25, 0.3) is 5.91 Å². The minimum atomic E-state index is -3.75. The Hall–Kier alpha value is -4.05. The van der Waals surface area contributed by atoms with Gasteiger partial charge in [-0.3, -0.25) is 13.9 Å². The number of hydrogen-bond donors (Lipinski definition) is 2. The molecule has 0 radical (unpaired) electrons. The molecule has 196 valence electrons. The van der Waals surface area contributed by atoms with Crippen LogP contribution >= 0.6 is 0 Å². The highest BCUT2D eigenvalue weighted by Crippen LogP contribution is 2.27. The summed E-state index contributed by atoms with van der Waals surface area (Å²) in [5, 5.41) is 5.57. The smallest absolute Gasteiger partial charge is 0.253 e. The summed E-state index contributed by atoms with van der Waals surface area (Å²) in [6.45, 7) is 1.85. The number of amides is 2. The number of hydrogen-bond acceptors (Lipinski definition) is 6. The Morgan fingerprint density at radius 3 is 2.22 bits per heavy atom. The van der Waals surface area contributed by atoms with Crippen molar-refractivity contribution < 1.29 is 27.5 Å². The second-order valence-corrected chi connectivity index (χ2v) is 10.2. The molecule has 1 atom stereocenters. The van der Waals surface area contributed by atoms with Gasteiger partial charge in [-0.2, -0.15) is 0 Å². The molecular formula is C27H31N3O6S. The molecule has 3 aromatic carbocycles. The van der Waals surface area contributed by atoms with Crippen molar-refractivity contribution in [2.45, 2.75) is 19.4 Å². The number of ether oxygens (including phenoxy) is 2. The molecule has 9 nitrogen and oxygen atoms in total. The monoisotopic (exact) mass is 525 g/mol. The Kier molecular flexibility index (Phi) is 9.13. The van der Waals surface area contributed by atoms with Crippen LogP contribution in [0.25, 0.3) is 0 Å². The Balaban J connectivity index is 1.70. The van der Waals surface area contributed by atoms with Crippen molar-refractivity contribution in [3.63, 3.8) is 0 Å². The largest absolute Gasteiger partial charge is 0.493 e. The molecule has 0 heterocycles. The fraction of sp³-hybridized carbons (Fsp3) is 0.259. The molecule has 0 spiro atoms. The average molecular weight is 526 g/mol. The quantitative estimate of drug-likeness (QED) is 0.396. The lowest BCUT2D eigenvalue weighted by molar-refractivity contribution is -0.116. The lowest BCUT2D eigenvalue weighted by Crippen LogP contribution is -2.45. The van der Waals surface area contributed by atoms with Gasteiger partial charge in [0.2, 0.25) is 15.9 Å². The summed E-state index contributed by atoms with van der Waals surface area (Å²) < 4.78 is 36.6. The van der Waals surface area contributed by atoms with Crippen LogP contribution in [0.1, 0.15) is 22.8 Å². The number of rotatable bonds is 11. The first-order chi connectivity index (χ1) is 17.7. The van der Waals surface area contributed by atoms with Gasteiger partial charge < -0.3 is 20.1 Å². The summed E-state index contributed by atoms with van der Waals surface area (Å²) >= 11 is 0. The maximum Gasteiger partial charge on any atom is 0.253 e. The van der Waals surface area contributed by atoms with Crippen molar-refractivity contribution in [3.05, 3.63) is 83.9 Å². The van der Waals surface area contributed by atoms with E-state index in [2.05, 4.69) is 10.6 Å². The fourth-order valence-electron chi connectivity index (χ4n) is 3.86. The molecule has 2 N–H and O–H groups in total. The summed E-state index contributed by atoms with van der Waals surface area (Å²) in [7, 11) is -0.628. The second kappa shape index (κ2) is 12.3. The number of nitrogens with zero attached hydrogens (tertiary/aromatic N) is 1. The van der Waals surface area contributed by atoms with Crippen LogP contribution < -0.4 is 24.4 Å². The maximum atomic E-state index is 13.1. The first-order valence-corrected chi connectivity index (χ1v) is 13.4. The molecule has 0 unspecified atom stereocenters. The summed E-state index contributed by atoms with van der Waals surface area (Å²) in [6, 6.07) is 19.4. The Labute approximate surface area is 217 Å². The molecular weight excluding hydrogens is 494 g/mol. The first-order valence-electron chi connectivity index (χ1n) is 11.6. The number of para-hydroxylation sites is 2. The summed E-state index contributed by atoms with van der Waals surface area (Å²) in [5.41, 5.74) is 1.87. The molecule has 0 bridgehead atoms. The lowest BCUT2D eigenvalue weighted by Gasteiger charge is -2.28. The number of sulfonamides is 1. The van der Waals surface area contributed by atoms with Crippen molar-refractivity contribution in [1.29, 1.82) is 0 Å². The van der Waals surface area contributed by atoms with Crippen molar-refractivity contribution >= 4 is 33.2 Å². The topological polar surface area (TPSA) is 114 Å². The third-order valence-electron chi connectivity index (χ3n) is 5.68. The average Bonchev–Trinajstić information content (AvgIpc) is 2.88. The number of benzene rings is 3. The molecule has 0 saturated heterocycles. The standard InChI is InChI=1S/C27H31N3O6S/c1-19(30(37(4,33)34)21-10-6-5-7-11-21)26(31)29-23-13-9-8-12-22(23)27(32)28-17-16-20-14-15-24(35-2)25(18-20)36-3/h5-15,18-19H,16-17H2,1-4H3,(H,28,32)(H,29,31)/t19-/m1/s1. The van der Waals surface area contributed by atoms with Gasteiger partial charge in [0.05, 0.1) is 37.4 Å². The van der Waals surface area contributed by atoms with E-state index in [4.69, 9.17) is 9.47 Å². The molecule has 0 aliphatic rings. The van der Waals surface area contributed by atoms with Gasteiger partial charge >= 0.3 is 0 Å². The number of carbonyl (C=O) groups excluding carboxylic acids is 2. The van der Waals surface area contributed by atoms with Gasteiger partial charge in [0.15, 0.2) is 11.5 Å². The van der Waals surface area contributed by atoms with E-state index < -0.39 is 22.0 Å². The van der Waals surface area contributed by atoms with Gasteiger partial charge in [-0.05, 0) is 55.3 Å². The van der Waals surface area contributed by atoms with E-state index in [9.17, 15) is 18.0 Å². The zero-order valence-electron chi connectivity index (χ0n) is 21.2. The molecule has 10 heteroatoms. The molecule has 0 fully saturated rings. The summed E-state index contributed by atoms with van der Waals surface area (Å²) in [5.74, 6) is 0.287. The van der Waals surface area contributed by atoms with Crippen LogP contribution in [0.2, 0.25) is 0 Å². The van der Waals surface area contributed by atoms with Crippen molar-refractivity contribution in [2.75, 3.05) is 36.6 Å². The Bertz CT molecular complexity index is 1350. The maximum absolute atomic E-state index is 13.1. The predicted molar refractivity (Wildman–Crippen MR) is 144 cm³/mol. The van der Waals surface area contributed by atoms with Crippen molar-refractivity contribution in [1.82, 2.24) is 5.32 Å². The van der Waals surface area contributed by atoms with E-state index in [1.807, 2.05) is 12.1 Å². The predicted octanol–water partition coefficient (Wildman–Crippen LogP) is 3.47. The zero-order chi connectivity index (χ0) is 27.0. The summed E-state index contributed by atoms with van der Waals surface area (Å²) in [4.78, 5) is 26.0. The first kappa shape index (κ1) is 27.5. The lowest BCUT2D eigenvalue weighted by atomic mass is 10.1. The SMILES string of the molecule is COc1ccc(CCNC(=O)c2ccccc2NC(=O)[C@@H](C)N(c2ccccc2)S(C)(=O)=O)cc1OC. The number of methoxy groups -OCH3 is 2. The second-order valence-electron chi connectivity index (χ2n) is 8.30. The van der Waals surface area contributed by atoms with Gasteiger partial charge in [-0.25, -0.2) is 8.42 Å². The van der Waals surface area contributed by atoms with Crippen LogP contribution in [0, 0.1) is 0 Å². The van der Waals surface area contributed by atoms with E-state index in [0.717, 1.165) is 16.1 Å². The number of nitrogens with one attached hydrogen (secondary N) is 2. The zero-order valence-corrected chi connectivity index (χ0v) is 22.0. The van der Waals surface area contributed by atoms with Gasteiger partial charge in [0, 0.05) is 6.54 Å². The minimum absolute atomic E-state index is 0.265. The molecule has 3 aromatic rings. The van der Waals surface area contributed by atoms with Crippen LogP contribution in [-0.4, -0.2) is 53.3 Å². The van der Waals surface area contributed by atoms with E-state index in [-0.39, 0.29) is 17.2 Å². The third-order valence-corrected chi connectivity index (χ3v) is 6.92. The van der Waals surface area contributed by atoms with Crippen LogP contribution in [0.5, 0.6) is 11.5 Å². The number of anilines is 2. The Morgan fingerprint density at radius 2 is 1.57 bits per heavy atom. The van der Waals surface area contributed by atoms with Gasteiger partial charge in [-0.15, -0.1) is 0 Å². The third kappa shape index (κ3) is 7.01. The highest BCUT2D eigenvalue weighted by atomic mass is 32.2. The van der Waals surface area contributed by atoms with Gasteiger partial charge in [0.1, 0.15) is 6.04 Å². The highest BCUT2D eigenvalue weighted by molar-refractivity contribution is 7.92. The normalized spacial score (nSPS) is 11.8. The van der Waals surface area contributed by atoms with Crippen LogP contribution in [0.15, 0.2) is 72.8 Å². The fourth-order valence-corrected chi connectivity index (χ4v) is 5.04. The molecule has 2 amide bonds. The highest BCUT2D eigenvalue weighted by Gasteiger charge is 2.29. The molecule has 0 aromatic heterocycles.